The Morgan fingerprint density at radius 2 is 1.77 bits per heavy atom. The molecule has 3 rings (SSSR count). The van der Waals surface area contributed by atoms with Crippen molar-refractivity contribution < 1.29 is 22.3 Å². The van der Waals surface area contributed by atoms with Gasteiger partial charge in [0.1, 0.15) is 11.4 Å². The van der Waals surface area contributed by atoms with Gasteiger partial charge in [0.05, 0.1) is 11.5 Å². The summed E-state index contributed by atoms with van der Waals surface area (Å²) in [5.41, 5.74) is 1.40. The van der Waals surface area contributed by atoms with Crippen LogP contribution >= 0.6 is 0 Å². The molecule has 0 saturated heterocycles. The number of rotatable bonds is 9. The molecule has 2 N–H and O–H groups in total. The van der Waals surface area contributed by atoms with Crippen molar-refractivity contribution >= 4 is 15.9 Å². The Labute approximate surface area is 180 Å². The fourth-order valence-corrected chi connectivity index (χ4v) is 3.91. The number of benzene rings is 2. The first-order chi connectivity index (χ1) is 14.9. The number of hydrogen-bond acceptors (Lipinski definition) is 5. The van der Waals surface area contributed by atoms with Crippen LogP contribution in [0.1, 0.15) is 28.4 Å². The first kappa shape index (κ1) is 22.4. The lowest BCUT2D eigenvalue weighted by Crippen LogP contribution is -2.25. The molecule has 0 radical (unpaired) electrons. The molecular weight excluding hydrogens is 421 g/mol. The highest BCUT2D eigenvalue weighted by Gasteiger charge is 2.16. The normalized spacial score (nSPS) is 11.2. The summed E-state index contributed by atoms with van der Waals surface area (Å²) in [4.78, 5) is 16.6. The van der Waals surface area contributed by atoms with Gasteiger partial charge >= 0.3 is 0 Å². The second kappa shape index (κ2) is 10.1. The Kier molecular flexibility index (Phi) is 7.32. The number of carbonyl (C=O) groups excluding carboxylic acids is 1. The Hall–Kier alpha value is -3.30. The van der Waals surface area contributed by atoms with Gasteiger partial charge < -0.3 is 10.1 Å². The van der Waals surface area contributed by atoms with Crippen LogP contribution in [0.4, 0.5) is 4.39 Å². The molecule has 0 fully saturated rings. The van der Waals surface area contributed by atoms with Gasteiger partial charge in [0.15, 0.2) is 0 Å². The van der Waals surface area contributed by atoms with Crippen LogP contribution < -0.4 is 14.8 Å². The molecular formula is C22H22FN3O4S. The number of ether oxygens (including phenoxy) is 1. The molecule has 0 saturated carbocycles. The van der Waals surface area contributed by atoms with Crippen LogP contribution in [-0.4, -0.2) is 25.9 Å². The van der Waals surface area contributed by atoms with E-state index in [1.165, 1.54) is 36.5 Å². The van der Waals surface area contributed by atoms with Crippen molar-refractivity contribution in [1.29, 1.82) is 0 Å². The maximum absolute atomic E-state index is 13.3. The lowest BCUT2D eigenvalue weighted by Gasteiger charge is -2.11. The highest BCUT2D eigenvalue weighted by atomic mass is 32.2. The summed E-state index contributed by atoms with van der Waals surface area (Å²) in [6, 6.07) is 15.2. The average Bonchev–Trinajstić information content (AvgIpc) is 2.77. The molecule has 1 heterocycles. The molecule has 0 aliphatic carbocycles. The number of nitrogens with one attached hydrogen (secondary N) is 2. The minimum absolute atomic E-state index is 0.0394. The summed E-state index contributed by atoms with van der Waals surface area (Å²) < 4.78 is 46.3. The molecule has 0 aliphatic heterocycles. The van der Waals surface area contributed by atoms with Crippen molar-refractivity contribution in [2.24, 2.45) is 0 Å². The maximum atomic E-state index is 13.3. The van der Waals surface area contributed by atoms with Crippen molar-refractivity contribution in [2.45, 2.75) is 24.9 Å². The Morgan fingerprint density at radius 3 is 2.52 bits per heavy atom. The van der Waals surface area contributed by atoms with Crippen LogP contribution in [0, 0.1) is 5.82 Å². The number of sulfonamides is 1. The molecule has 31 heavy (non-hydrogen) atoms. The fraction of sp³-hybridized carbons (Fsp3) is 0.182. The summed E-state index contributed by atoms with van der Waals surface area (Å²) in [5, 5.41) is 2.74. The third kappa shape index (κ3) is 6.09. The standard InChI is InChI=1S/C22H22FN3O4S/c1-2-30-22-20(10-5-11-24-22)21(27)25-14-17-7-4-9-19(13-17)31(28,29)26-15-16-6-3-8-18(23)12-16/h3-13,26H,2,14-15H2,1H3,(H,25,27). The van der Waals surface area contributed by atoms with Gasteiger partial charge in [-0.05, 0) is 54.4 Å². The zero-order valence-electron chi connectivity index (χ0n) is 16.8. The minimum atomic E-state index is -3.81. The molecule has 3 aromatic rings. The second-order valence-corrected chi connectivity index (χ2v) is 8.34. The van der Waals surface area contributed by atoms with Gasteiger partial charge in [0.25, 0.3) is 5.91 Å². The van der Waals surface area contributed by atoms with Crippen LogP contribution in [-0.2, 0) is 23.1 Å². The summed E-state index contributed by atoms with van der Waals surface area (Å²) in [6.45, 7) is 2.25. The van der Waals surface area contributed by atoms with E-state index in [1.807, 2.05) is 0 Å². The summed E-state index contributed by atoms with van der Waals surface area (Å²) >= 11 is 0. The van der Waals surface area contributed by atoms with E-state index in [-0.39, 0.29) is 29.8 Å². The zero-order valence-corrected chi connectivity index (χ0v) is 17.7. The summed E-state index contributed by atoms with van der Waals surface area (Å²) in [6.07, 6.45) is 1.53. The predicted octanol–water partition coefficient (Wildman–Crippen LogP) is 3.03. The van der Waals surface area contributed by atoms with Gasteiger partial charge in [0, 0.05) is 19.3 Å². The third-order valence-corrected chi connectivity index (χ3v) is 5.71. The second-order valence-electron chi connectivity index (χ2n) is 6.57. The number of amides is 1. The third-order valence-electron chi connectivity index (χ3n) is 4.31. The number of hydrogen-bond donors (Lipinski definition) is 2. The predicted molar refractivity (Wildman–Crippen MR) is 113 cm³/mol. The van der Waals surface area contributed by atoms with Crippen LogP contribution in [0.25, 0.3) is 0 Å². The average molecular weight is 444 g/mol. The molecule has 1 aromatic heterocycles. The lowest BCUT2D eigenvalue weighted by atomic mass is 10.2. The smallest absolute Gasteiger partial charge is 0.257 e. The molecule has 9 heteroatoms. The summed E-state index contributed by atoms with van der Waals surface area (Å²) in [5.74, 6) is -0.579. The number of nitrogens with zero attached hydrogens (tertiary/aromatic N) is 1. The first-order valence-corrected chi connectivity index (χ1v) is 11.1. The molecule has 0 spiro atoms. The number of carbonyl (C=O) groups is 1. The van der Waals surface area contributed by atoms with Crippen LogP contribution in [0.2, 0.25) is 0 Å². The van der Waals surface area contributed by atoms with Crippen molar-refractivity contribution in [3.8, 4) is 5.88 Å². The van der Waals surface area contributed by atoms with E-state index < -0.39 is 15.8 Å². The molecule has 0 atom stereocenters. The molecule has 1 amide bonds. The Bertz CT molecular complexity index is 1170. The van der Waals surface area contributed by atoms with Gasteiger partial charge in [-0.2, -0.15) is 0 Å². The number of aromatic nitrogens is 1. The van der Waals surface area contributed by atoms with Gasteiger partial charge in [-0.15, -0.1) is 0 Å². The van der Waals surface area contributed by atoms with Crippen molar-refractivity contribution in [3.63, 3.8) is 0 Å². The topological polar surface area (TPSA) is 97.4 Å². The van der Waals surface area contributed by atoms with Crippen LogP contribution in [0.3, 0.4) is 0 Å². The largest absolute Gasteiger partial charge is 0.477 e. The van der Waals surface area contributed by atoms with Crippen molar-refractivity contribution in [1.82, 2.24) is 15.0 Å². The SMILES string of the molecule is CCOc1ncccc1C(=O)NCc1cccc(S(=O)(=O)NCc2cccc(F)c2)c1. The van der Waals surface area contributed by atoms with E-state index >= 15 is 0 Å². The van der Waals surface area contributed by atoms with Gasteiger partial charge in [-0.1, -0.05) is 24.3 Å². The van der Waals surface area contributed by atoms with E-state index in [0.29, 0.717) is 23.3 Å². The van der Waals surface area contributed by atoms with Gasteiger partial charge in [-0.25, -0.2) is 22.5 Å². The lowest BCUT2D eigenvalue weighted by molar-refractivity contribution is 0.0946. The highest BCUT2D eigenvalue weighted by Crippen LogP contribution is 2.16. The van der Waals surface area contributed by atoms with Crippen molar-refractivity contribution in [3.05, 3.63) is 89.4 Å². The molecule has 0 bridgehead atoms. The minimum Gasteiger partial charge on any atom is -0.477 e. The number of pyridine rings is 1. The van der Waals surface area contributed by atoms with Crippen LogP contribution in [0.15, 0.2) is 71.8 Å². The highest BCUT2D eigenvalue weighted by molar-refractivity contribution is 7.89. The van der Waals surface area contributed by atoms with E-state index in [1.54, 1.807) is 37.3 Å². The fourth-order valence-electron chi connectivity index (χ4n) is 2.82. The van der Waals surface area contributed by atoms with E-state index in [2.05, 4.69) is 15.0 Å². The van der Waals surface area contributed by atoms with E-state index in [0.717, 1.165) is 0 Å². The summed E-state index contributed by atoms with van der Waals surface area (Å²) in [7, 11) is -3.81. The molecule has 0 unspecified atom stereocenters. The first-order valence-electron chi connectivity index (χ1n) is 9.58. The molecule has 0 aliphatic rings. The van der Waals surface area contributed by atoms with Gasteiger partial charge in [0.2, 0.25) is 15.9 Å². The molecule has 162 valence electrons. The molecule has 7 nitrogen and oxygen atoms in total. The molecule has 2 aromatic carbocycles. The van der Waals surface area contributed by atoms with E-state index in [4.69, 9.17) is 4.74 Å². The van der Waals surface area contributed by atoms with Crippen LogP contribution in [0.5, 0.6) is 5.88 Å². The zero-order chi connectivity index (χ0) is 22.3. The maximum Gasteiger partial charge on any atom is 0.257 e. The Balaban J connectivity index is 1.66. The van der Waals surface area contributed by atoms with Gasteiger partial charge in [-0.3, -0.25) is 4.79 Å². The van der Waals surface area contributed by atoms with E-state index in [9.17, 15) is 17.6 Å². The quantitative estimate of drug-likeness (QED) is 0.530. The monoisotopic (exact) mass is 443 g/mol. The van der Waals surface area contributed by atoms with Crippen molar-refractivity contribution in [2.75, 3.05) is 6.61 Å². The Morgan fingerprint density at radius 1 is 1.03 bits per heavy atom. The number of halogens is 1.